The van der Waals surface area contributed by atoms with Crippen molar-refractivity contribution < 1.29 is 14.3 Å². The fourth-order valence-corrected chi connectivity index (χ4v) is 4.23. The van der Waals surface area contributed by atoms with Gasteiger partial charge in [0, 0.05) is 18.0 Å². The Morgan fingerprint density at radius 2 is 1.92 bits per heavy atom. The molecule has 128 valence electrons. The first-order chi connectivity index (χ1) is 12.0. The summed E-state index contributed by atoms with van der Waals surface area (Å²) in [6, 6.07) is 9.28. The van der Waals surface area contributed by atoms with E-state index in [4.69, 9.17) is 4.74 Å². The first kappa shape index (κ1) is 16.0. The number of benzene rings is 1. The third-order valence-electron chi connectivity index (χ3n) is 5.50. The number of nitrogens with zero attached hydrogens (tertiary/aromatic N) is 1. The lowest BCUT2D eigenvalue weighted by atomic mass is 9.79. The molecule has 4 rings (SSSR count). The van der Waals surface area contributed by atoms with E-state index in [9.17, 15) is 9.59 Å². The van der Waals surface area contributed by atoms with Gasteiger partial charge in [-0.2, -0.15) is 0 Å². The van der Waals surface area contributed by atoms with E-state index in [0.29, 0.717) is 12.1 Å². The quantitative estimate of drug-likeness (QED) is 0.742. The van der Waals surface area contributed by atoms with Crippen LogP contribution in [0.4, 0.5) is 0 Å². The Kier molecular flexibility index (Phi) is 3.73. The molecule has 0 N–H and O–H groups in total. The van der Waals surface area contributed by atoms with E-state index in [1.54, 1.807) is 12.2 Å². The zero-order chi connectivity index (χ0) is 17.6. The summed E-state index contributed by atoms with van der Waals surface area (Å²) in [7, 11) is 0. The van der Waals surface area contributed by atoms with Crippen molar-refractivity contribution in [2.24, 2.45) is 5.92 Å². The van der Waals surface area contributed by atoms with Gasteiger partial charge in [-0.15, -0.1) is 0 Å². The number of amides is 1. The Labute approximate surface area is 147 Å². The lowest BCUT2D eigenvalue weighted by Gasteiger charge is -2.39. The van der Waals surface area contributed by atoms with Gasteiger partial charge in [-0.3, -0.25) is 9.59 Å². The number of hydrogen-bond donors (Lipinski definition) is 0. The maximum atomic E-state index is 13.1. The smallest absolute Gasteiger partial charge is 0.254 e. The number of ether oxygens (including phenoxy) is 1. The molecule has 25 heavy (non-hydrogen) atoms. The van der Waals surface area contributed by atoms with E-state index in [0.717, 1.165) is 12.0 Å². The van der Waals surface area contributed by atoms with Crippen LogP contribution in [0, 0.1) is 5.92 Å². The summed E-state index contributed by atoms with van der Waals surface area (Å²) >= 11 is 0. The Morgan fingerprint density at radius 1 is 1.24 bits per heavy atom. The van der Waals surface area contributed by atoms with Crippen LogP contribution in [0.15, 0.2) is 66.8 Å². The van der Waals surface area contributed by atoms with Crippen LogP contribution in [-0.2, 0) is 9.53 Å². The second kappa shape index (κ2) is 5.81. The first-order valence-corrected chi connectivity index (χ1v) is 8.63. The monoisotopic (exact) mass is 335 g/mol. The fraction of sp³-hybridized carbons (Fsp3) is 0.333. The molecule has 2 saturated heterocycles. The van der Waals surface area contributed by atoms with Gasteiger partial charge in [0.25, 0.3) is 5.91 Å². The van der Waals surface area contributed by atoms with E-state index in [-0.39, 0.29) is 29.8 Å². The van der Waals surface area contributed by atoms with Crippen LogP contribution in [0.2, 0.25) is 0 Å². The van der Waals surface area contributed by atoms with Crippen LogP contribution in [0.1, 0.15) is 23.7 Å². The average Bonchev–Trinajstić information content (AvgIpc) is 2.89. The Balaban J connectivity index is 1.69. The van der Waals surface area contributed by atoms with Gasteiger partial charge < -0.3 is 9.64 Å². The molecule has 3 aliphatic rings. The molecule has 1 aliphatic carbocycles. The molecule has 0 unspecified atom stereocenters. The predicted molar refractivity (Wildman–Crippen MR) is 95.1 cm³/mol. The maximum absolute atomic E-state index is 13.1. The Hall–Kier alpha value is -2.46. The highest BCUT2D eigenvalue weighted by Crippen LogP contribution is 2.46. The lowest BCUT2D eigenvalue weighted by molar-refractivity contribution is -0.111. The van der Waals surface area contributed by atoms with Crippen LogP contribution < -0.4 is 0 Å². The zero-order valence-electron chi connectivity index (χ0n) is 14.2. The number of hydrogen-bond acceptors (Lipinski definition) is 3. The highest BCUT2D eigenvalue weighted by molar-refractivity contribution is 6.00. The minimum Gasteiger partial charge on any atom is -0.361 e. The maximum Gasteiger partial charge on any atom is 0.254 e. The number of carbonyl (C=O) groups is 2. The van der Waals surface area contributed by atoms with Gasteiger partial charge in [0.05, 0.1) is 12.1 Å². The van der Waals surface area contributed by atoms with E-state index < -0.39 is 5.60 Å². The van der Waals surface area contributed by atoms with E-state index in [2.05, 4.69) is 13.5 Å². The molecule has 2 aliphatic heterocycles. The van der Waals surface area contributed by atoms with Crippen LogP contribution in [0.25, 0.3) is 0 Å². The van der Waals surface area contributed by atoms with Crippen molar-refractivity contribution in [2.45, 2.75) is 31.1 Å². The molecule has 4 nitrogen and oxygen atoms in total. The zero-order valence-corrected chi connectivity index (χ0v) is 14.2. The van der Waals surface area contributed by atoms with E-state index >= 15 is 0 Å². The lowest BCUT2D eigenvalue weighted by Crippen LogP contribution is -2.52. The van der Waals surface area contributed by atoms with Gasteiger partial charge in [-0.25, -0.2) is 0 Å². The van der Waals surface area contributed by atoms with E-state index in [1.165, 1.54) is 0 Å². The standard InChI is InChI=1S/C21H21NO3/c1-14-12-18-19(15(2)21(25-18)10-8-17(23)9-11-21)22(13-14)20(24)16-6-4-3-5-7-16/h3-11,15,18-19H,1,12-13H2,2H3/t15-,18-,19+/m0/s1. The van der Waals surface area contributed by atoms with Crippen molar-refractivity contribution in [1.29, 1.82) is 0 Å². The molecule has 1 amide bonds. The van der Waals surface area contributed by atoms with Crippen LogP contribution in [-0.4, -0.2) is 40.9 Å². The molecular weight excluding hydrogens is 314 g/mol. The van der Waals surface area contributed by atoms with Gasteiger partial charge >= 0.3 is 0 Å². The van der Waals surface area contributed by atoms with Gasteiger partial charge in [0.1, 0.15) is 5.60 Å². The summed E-state index contributed by atoms with van der Waals surface area (Å²) in [4.78, 5) is 26.5. The van der Waals surface area contributed by atoms with Gasteiger partial charge in [-0.05, 0) is 42.9 Å². The van der Waals surface area contributed by atoms with Crippen LogP contribution >= 0.6 is 0 Å². The average molecular weight is 335 g/mol. The van der Waals surface area contributed by atoms with Gasteiger partial charge in [-0.1, -0.05) is 37.3 Å². The van der Waals surface area contributed by atoms with Crippen LogP contribution in [0.3, 0.4) is 0 Å². The molecule has 2 fully saturated rings. The predicted octanol–water partition coefficient (Wildman–Crippen LogP) is 2.93. The second-order valence-electron chi connectivity index (χ2n) is 7.11. The van der Waals surface area contributed by atoms with Crippen molar-refractivity contribution in [2.75, 3.05) is 6.54 Å². The topological polar surface area (TPSA) is 46.6 Å². The molecule has 3 atom stereocenters. The third kappa shape index (κ3) is 2.57. The SMILES string of the molecule is C=C1C[C@@H]2OC3(C=CC(=O)C=C3)[C@@H](C)[C@H]2N(C(=O)c2ccccc2)C1. The fourth-order valence-electron chi connectivity index (χ4n) is 4.23. The Morgan fingerprint density at radius 3 is 2.60 bits per heavy atom. The van der Waals surface area contributed by atoms with Gasteiger partial charge in [0.2, 0.25) is 0 Å². The number of ketones is 1. The van der Waals surface area contributed by atoms with Crippen molar-refractivity contribution >= 4 is 11.7 Å². The second-order valence-corrected chi connectivity index (χ2v) is 7.11. The molecule has 1 aromatic carbocycles. The van der Waals surface area contributed by atoms with Crippen LogP contribution in [0.5, 0.6) is 0 Å². The molecule has 0 bridgehead atoms. The largest absolute Gasteiger partial charge is 0.361 e. The molecule has 1 aromatic rings. The first-order valence-electron chi connectivity index (χ1n) is 8.63. The minimum atomic E-state index is -0.622. The minimum absolute atomic E-state index is 0.00351. The number of rotatable bonds is 1. The highest BCUT2D eigenvalue weighted by atomic mass is 16.5. The molecule has 0 saturated carbocycles. The Bertz CT molecular complexity index is 777. The number of allylic oxidation sites excluding steroid dienone is 2. The van der Waals surface area contributed by atoms with Crippen molar-refractivity contribution in [1.82, 2.24) is 4.90 Å². The summed E-state index contributed by atoms with van der Waals surface area (Å²) in [6.07, 6.45) is 7.44. The number of carbonyl (C=O) groups excluding carboxylic acids is 2. The van der Waals surface area contributed by atoms with Gasteiger partial charge in [0.15, 0.2) is 5.78 Å². The number of likely N-dealkylation sites (tertiary alicyclic amines) is 1. The molecule has 4 heteroatoms. The normalized spacial score (nSPS) is 30.0. The van der Waals surface area contributed by atoms with E-state index in [1.807, 2.05) is 47.4 Å². The third-order valence-corrected chi connectivity index (χ3v) is 5.50. The summed E-state index contributed by atoms with van der Waals surface area (Å²) in [5, 5.41) is 0. The molecule has 1 spiro atoms. The summed E-state index contributed by atoms with van der Waals surface area (Å²) in [6.45, 7) is 6.75. The van der Waals surface area contributed by atoms with Crippen molar-refractivity contribution in [3.63, 3.8) is 0 Å². The molecule has 0 radical (unpaired) electrons. The van der Waals surface area contributed by atoms with Crippen molar-refractivity contribution in [3.8, 4) is 0 Å². The molecular formula is C21H21NO3. The summed E-state index contributed by atoms with van der Waals surface area (Å²) in [5.41, 5.74) is 1.05. The highest BCUT2D eigenvalue weighted by Gasteiger charge is 2.55. The summed E-state index contributed by atoms with van der Waals surface area (Å²) in [5.74, 6) is 0.0283. The number of fused-ring (bicyclic) bond motifs is 1. The summed E-state index contributed by atoms with van der Waals surface area (Å²) < 4.78 is 6.36. The number of piperidine rings is 1. The molecule has 0 aromatic heterocycles. The molecule has 2 heterocycles. The van der Waals surface area contributed by atoms with Crippen molar-refractivity contribution in [3.05, 3.63) is 72.4 Å².